The molecule has 2 aliphatic rings. The lowest BCUT2D eigenvalue weighted by Crippen LogP contribution is -2.37. The average Bonchev–Trinajstić information content (AvgIpc) is 3.22. The Morgan fingerprint density at radius 3 is 2.67 bits per heavy atom. The summed E-state index contributed by atoms with van der Waals surface area (Å²) in [6.07, 6.45) is 8.78. The highest BCUT2D eigenvalue weighted by molar-refractivity contribution is 5.97. The molecular formula is C20H28N2O2. The molecule has 1 aromatic carbocycles. The van der Waals surface area contributed by atoms with E-state index in [4.69, 9.17) is 0 Å². The molecule has 2 unspecified atom stereocenters. The standard InChI is InChI=1S/C20H28N2O2/c1-2-3-6-15-7-4-8-18(15)21-20(24)16-10-12-17(13-11-16)22-14-5-9-19(22)23/h10-13,15,18H,2-9,14H2,1H3,(H,21,24). The molecule has 1 aliphatic heterocycles. The van der Waals surface area contributed by atoms with Crippen LogP contribution < -0.4 is 10.2 Å². The maximum atomic E-state index is 12.5. The number of carbonyl (C=O) groups is 2. The van der Waals surface area contributed by atoms with Crippen molar-refractivity contribution >= 4 is 17.5 Å². The van der Waals surface area contributed by atoms with Gasteiger partial charge in [-0.15, -0.1) is 0 Å². The van der Waals surface area contributed by atoms with Crippen LogP contribution in [0.25, 0.3) is 0 Å². The van der Waals surface area contributed by atoms with Gasteiger partial charge in [0, 0.05) is 30.3 Å². The highest BCUT2D eigenvalue weighted by Gasteiger charge is 2.28. The highest BCUT2D eigenvalue weighted by atomic mass is 16.2. The zero-order chi connectivity index (χ0) is 16.9. The Labute approximate surface area is 144 Å². The number of nitrogens with one attached hydrogen (secondary N) is 1. The maximum Gasteiger partial charge on any atom is 0.251 e. The van der Waals surface area contributed by atoms with Crippen molar-refractivity contribution < 1.29 is 9.59 Å². The topological polar surface area (TPSA) is 49.4 Å². The number of hydrogen-bond acceptors (Lipinski definition) is 2. The van der Waals surface area contributed by atoms with Gasteiger partial charge in [-0.2, -0.15) is 0 Å². The number of unbranched alkanes of at least 4 members (excludes halogenated alkanes) is 1. The first-order valence-corrected chi connectivity index (χ1v) is 9.40. The van der Waals surface area contributed by atoms with Gasteiger partial charge in [-0.05, 0) is 55.9 Å². The molecule has 130 valence electrons. The van der Waals surface area contributed by atoms with Gasteiger partial charge in [0.25, 0.3) is 5.91 Å². The van der Waals surface area contributed by atoms with Crippen LogP contribution in [-0.2, 0) is 4.79 Å². The largest absolute Gasteiger partial charge is 0.349 e. The predicted octanol–water partition coefficient (Wildman–Crippen LogP) is 3.90. The fourth-order valence-corrected chi connectivity index (χ4v) is 4.00. The van der Waals surface area contributed by atoms with Gasteiger partial charge in [-0.1, -0.05) is 26.2 Å². The minimum absolute atomic E-state index is 0.0164. The monoisotopic (exact) mass is 328 g/mol. The lowest BCUT2D eigenvalue weighted by atomic mass is 9.96. The number of amides is 2. The van der Waals surface area contributed by atoms with E-state index in [9.17, 15) is 9.59 Å². The summed E-state index contributed by atoms with van der Waals surface area (Å²) in [6.45, 7) is 3.00. The first-order valence-electron chi connectivity index (χ1n) is 9.40. The van der Waals surface area contributed by atoms with Crippen molar-refractivity contribution in [2.75, 3.05) is 11.4 Å². The second-order valence-electron chi connectivity index (χ2n) is 7.11. The number of nitrogens with zero attached hydrogens (tertiary/aromatic N) is 1. The van der Waals surface area contributed by atoms with Crippen LogP contribution in [-0.4, -0.2) is 24.4 Å². The highest BCUT2D eigenvalue weighted by Crippen LogP contribution is 2.30. The first-order chi connectivity index (χ1) is 11.7. The Hall–Kier alpha value is -1.84. The second-order valence-corrected chi connectivity index (χ2v) is 7.11. The van der Waals surface area contributed by atoms with Gasteiger partial charge in [0.15, 0.2) is 0 Å². The Balaban J connectivity index is 1.59. The number of carbonyl (C=O) groups excluding carboxylic acids is 2. The minimum Gasteiger partial charge on any atom is -0.349 e. The Kier molecular flexibility index (Phi) is 5.54. The van der Waals surface area contributed by atoms with Crippen LogP contribution in [0.15, 0.2) is 24.3 Å². The van der Waals surface area contributed by atoms with E-state index in [1.807, 2.05) is 24.3 Å². The summed E-state index contributed by atoms with van der Waals surface area (Å²) in [5.74, 6) is 0.829. The summed E-state index contributed by atoms with van der Waals surface area (Å²) in [6, 6.07) is 7.78. The molecule has 1 saturated heterocycles. The van der Waals surface area contributed by atoms with E-state index >= 15 is 0 Å². The summed E-state index contributed by atoms with van der Waals surface area (Å²) in [5.41, 5.74) is 1.59. The molecule has 4 heteroatoms. The van der Waals surface area contributed by atoms with Crippen LogP contribution in [0.1, 0.15) is 68.6 Å². The zero-order valence-electron chi connectivity index (χ0n) is 14.6. The Morgan fingerprint density at radius 2 is 2.00 bits per heavy atom. The van der Waals surface area contributed by atoms with Gasteiger partial charge < -0.3 is 10.2 Å². The van der Waals surface area contributed by atoms with E-state index in [1.165, 1.54) is 32.1 Å². The molecule has 4 nitrogen and oxygen atoms in total. The Morgan fingerprint density at radius 1 is 1.21 bits per heavy atom. The van der Waals surface area contributed by atoms with Gasteiger partial charge in [0.05, 0.1) is 0 Å². The maximum absolute atomic E-state index is 12.5. The zero-order valence-corrected chi connectivity index (χ0v) is 14.6. The summed E-state index contributed by atoms with van der Waals surface area (Å²) in [4.78, 5) is 26.1. The van der Waals surface area contributed by atoms with Gasteiger partial charge in [-0.25, -0.2) is 0 Å². The van der Waals surface area contributed by atoms with E-state index < -0.39 is 0 Å². The number of rotatable bonds is 6. The third kappa shape index (κ3) is 3.80. The lowest BCUT2D eigenvalue weighted by molar-refractivity contribution is -0.117. The molecule has 0 aromatic heterocycles. The number of hydrogen-bond donors (Lipinski definition) is 1. The fraction of sp³-hybridized carbons (Fsp3) is 0.600. The predicted molar refractivity (Wildman–Crippen MR) is 96.1 cm³/mol. The van der Waals surface area contributed by atoms with E-state index in [1.54, 1.807) is 4.90 Å². The fourth-order valence-electron chi connectivity index (χ4n) is 4.00. The van der Waals surface area contributed by atoms with E-state index in [0.29, 0.717) is 23.9 Å². The molecule has 1 saturated carbocycles. The SMILES string of the molecule is CCCCC1CCCC1NC(=O)c1ccc(N2CCCC2=O)cc1. The third-order valence-corrected chi connectivity index (χ3v) is 5.42. The molecule has 1 N–H and O–H groups in total. The number of benzene rings is 1. The molecule has 0 bridgehead atoms. The van der Waals surface area contributed by atoms with Crippen LogP contribution in [0.3, 0.4) is 0 Å². The second kappa shape index (κ2) is 7.82. The van der Waals surface area contributed by atoms with Crippen molar-refractivity contribution in [2.45, 2.75) is 64.3 Å². The molecule has 1 heterocycles. The molecule has 24 heavy (non-hydrogen) atoms. The van der Waals surface area contributed by atoms with Crippen molar-refractivity contribution in [3.63, 3.8) is 0 Å². The minimum atomic E-state index is 0.0164. The van der Waals surface area contributed by atoms with Crippen molar-refractivity contribution in [3.05, 3.63) is 29.8 Å². The summed E-state index contributed by atoms with van der Waals surface area (Å²) >= 11 is 0. The van der Waals surface area contributed by atoms with Gasteiger partial charge in [0.2, 0.25) is 5.91 Å². The Bertz CT molecular complexity index is 582. The third-order valence-electron chi connectivity index (χ3n) is 5.42. The van der Waals surface area contributed by atoms with Gasteiger partial charge >= 0.3 is 0 Å². The van der Waals surface area contributed by atoms with Crippen molar-refractivity contribution in [1.82, 2.24) is 5.32 Å². The van der Waals surface area contributed by atoms with Crippen molar-refractivity contribution in [1.29, 1.82) is 0 Å². The molecular weight excluding hydrogens is 300 g/mol. The lowest BCUT2D eigenvalue weighted by Gasteiger charge is -2.21. The quantitative estimate of drug-likeness (QED) is 0.861. The summed E-state index contributed by atoms with van der Waals surface area (Å²) < 4.78 is 0. The van der Waals surface area contributed by atoms with Crippen molar-refractivity contribution in [3.8, 4) is 0 Å². The number of anilines is 1. The van der Waals surface area contributed by atoms with Gasteiger partial charge in [-0.3, -0.25) is 9.59 Å². The molecule has 1 aromatic rings. The van der Waals surface area contributed by atoms with Crippen LogP contribution in [0.4, 0.5) is 5.69 Å². The molecule has 2 atom stereocenters. The van der Waals surface area contributed by atoms with Crippen LogP contribution in [0.5, 0.6) is 0 Å². The van der Waals surface area contributed by atoms with Crippen molar-refractivity contribution in [2.24, 2.45) is 5.92 Å². The van der Waals surface area contributed by atoms with Gasteiger partial charge in [0.1, 0.15) is 0 Å². The molecule has 2 amide bonds. The molecule has 0 spiro atoms. The molecule has 2 fully saturated rings. The van der Waals surface area contributed by atoms with E-state index in [-0.39, 0.29) is 11.8 Å². The average molecular weight is 328 g/mol. The summed E-state index contributed by atoms with van der Waals surface area (Å²) in [5, 5.41) is 3.23. The van der Waals surface area contributed by atoms with E-state index in [0.717, 1.165) is 25.1 Å². The van der Waals surface area contributed by atoms with Crippen LogP contribution >= 0.6 is 0 Å². The smallest absolute Gasteiger partial charge is 0.251 e. The summed E-state index contributed by atoms with van der Waals surface area (Å²) in [7, 11) is 0. The molecule has 0 radical (unpaired) electrons. The normalized spacial score (nSPS) is 23.7. The van der Waals surface area contributed by atoms with E-state index in [2.05, 4.69) is 12.2 Å². The molecule has 1 aliphatic carbocycles. The van der Waals surface area contributed by atoms with Crippen LogP contribution in [0.2, 0.25) is 0 Å². The first kappa shape index (κ1) is 17.0. The van der Waals surface area contributed by atoms with Crippen LogP contribution in [0, 0.1) is 5.92 Å². The molecule has 3 rings (SSSR count).